The van der Waals surface area contributed by atoms with Crippen LogP contribution in [0, 0.1) is 0 Å². The smallest absolute Gasteiger partial charge is 0.659 e. The van der Waals surface area contributed by atoms with E-state index in [1.807, 2.05) is 50.5 Å². The zero-order chi connectivity index (χ0) is 12.8. The molecule has 1 radical (unpaired) electrons. The Morgan fingerprint density at radius 2 is 0.947 bits per heavy atom. The number of nitrogens with zero attached hydrogens (tertiary/aromatic N) is 2. The molecule has 3 heteroatoms. The fourth-order valence-electron chi connectivity index (χ4n) is 2.25. The van der Waals surface area contributed by atoms with Crippen LogP contribution in [0.25, 0.3) is 10.6 Å². The summed E-state index contributed by atoms with van der Waals surface area (Å²) in [5.74, 6) is 0. The van der Waals surface area contributed by atoms with Gasteiger partial charge in [0.1, 0.15) is 0 Å². The molecule has 2 nitrogen and oxygen atoms in total. The second-order valence-corrected chi connectivity index (χ2v) is 4.23. The Labute approximate surface area is 126 Å². The number of rotatable bonds is 5. The van der Waals surface area contributed by atoms with Gasteiger partial charge < -0.3 is 10.6 Å². The van der Waals surface area contributed by atoms with Gasteiger partial charge >= 0.3 is 17.1 Å². The molecule has 0 saturated carbocycles. The van der Waals surface area contributed by atoms with Gasteiger partial charge in [0.25, 0.3) is 0 Å². The van der Waals surface area contributed by atoms with Crippen LogP contribution in [0.2, 0.25) is 0 Å². The molecule has 0 N–H and O–H groups in total. The third-order valence-electron chi connectivity index (χ3n) is 3.14. The quantitative estimate of drug-likeness (QED) is 0.729. The van der Waals surface area contributed by atoms with Gasteiger partial charge in [-0.05, 0) is 0 Å². The summed E-state index contributed by atoms with van der Waals surface area (Å²) in [4.78, 5) is 0. The molecule has 19 heavy (non-hydrogen) atoms. The maximum Gasteiger partial charge on any atom is 2.00 e. The molecule has 0 amide bonds. The van der Waals surface area contributed by atoms with E-state index in [1.165, 1.54) is 11.1 Å². The average molecular weight is 302 g/mol. The van der Waals surface area contributed by atoms with Crippen molar-refractivity contribution in [1.29, 1.82) is 0 Å². The minimum atomic E-state index is 0. The van der Waals surface area contributed by atoms with Crippen molar-refractivity contribution in [3.63, 3.8) is 0 Å². The van der Waals surface area contributed by atoms with Crippen molar-refractivity contribution < 1.29 is 17.1 Å². The van der Waals surface area contributed by atoms with Gasteiger partial charge in [0.15, 0.2) is 0 Å². The van der Waals surface area contributed by atoms with Crippen LogP contribution in [0.4, 0.5) is 0 Å². The van der Waals surface area contributed by atoms with E-state index in [-0.39, 0.29) is 29.2 Å². The Morgan fingerprint density at radius 3 is 1.21 bits per heavy atom. The Balaban J connectivity index is 0.00000180. The van der Waals surface area contributed by atoms with Gasteiger partial charge in [-0.25, -0.2) is 0 Å². The molecule has 2 rings (SSSR count). The van der Waals surface area contributed by atoms with Crippen molar-refractivity contribution in [3.05, 3.63) is 82.4 Å². The van der Waals surface area contributed by atoms with Crippen LogP contribution in [-0.2, 0) is 17.1 Å². The van der Waals surface area contributed by atoms with E-state index >= 15 is 0 Å². The van der Waals surface area contributed by atoms with Crippen LogP contribution in [0.3, 0.4) is 0 Å². The molecule has 2 aromatic carbocycles. The normalized spacial score (nSPS) is 13.4. The molecule has 103 valence electrons. The molecule has 0 fully saturated rings. The molecule has 0 aliphatic heterocycles. The molecule has 2 atom stereocenters. The summed E-state index contributed by atoms with van der Waals surface area (Å²) < 4.78 is 0. The summed E-state index contributed by atoms with van der Waals surface area (Å²) in [7, 11) is 3.72. The number of likely N-dealkylation sites (N-methyl/N-ethyl adjacent to an activating group) is 2. The van der Waals surface area contributed by atoms with Crippen LogP contribution >= 0.6 is 0 Å². The monoisotopic (exact) mass is 301 g/mol. The van der Waals surface area contributed by atoms with Crippen LogP contribution in [0.5, 0.6) is 0 Å². The Hall–Kier alpha value is -1.12. The fraction of sp³-hybridized carbons (Fsp3) is 0.250. The molecule has 0 aliphatic rings. The minimum absolute atomic E-state index is 0. The van der Waals surface area contributed by atoms with Gasteiger partial charge in [0, 0.05) is 0 Å². The SMILES string of the molecule is C[N-][C@H](c1ccccc1)[C@H]([N-]C)c1ccccc1.[Cu+2]. The van der Waals surface area contributed by atoms with E-state index in [4.69, 9.17) is 0 Å². The van der Waals surface area contributed by atoms with Crippen molar-refractivity contribution in [2.45, 2.75) is 12.1 Å². The van der Waals surface area contributed by atoms with E-state index in [0.717, 1.165) is 0 Å². The largest absolute Gasteiger partial charge is 2.00 e. The van der Waals surface area contributed by atoms with Crippen LogP contribution in [-0.4, -0.2) is 14.1 Å². The Bertz CT molecular complexity index is 413. The van der Waals surface area contributed by atoms with Gasteiger partial charge in [-0.1, -0.05) is 71.8 Å². The van der Waals surface area contributed by atoms with E-state index in [2.05, 4.69) is 34.9 Å². The van der Waals surface area contributed by atoms with Gasteiger partial charge in [-0.2, -0.15) is 14.1 Å². The molecule has 0 aliphatic carbocycles. The third kappa shape index (κ3) is 3.92. The average Bonchev–Trinajstić information content (AvgIpc) is 2.46. The molecule has 0 unspecified atom stereocenters. The first-order valence-electron chi connectivity index (χ1n) is 6.14. The standard InChI is InChI=1S/C16H18N2.Cu/c1-17-15(13-9-5-3-6-10-13)16(18-2)14-11-7-4-8-12-14;/h3-12,15-16H,1-2H3;/q-2;+2/t15-,16-;/m1./s1. The van der Waals surface area contributed by atoms with Crippen molar-refractivity contribution in [3.8, 4) is 0 Å². The van der Waals surface area contributed by atoms with Crippen LogP contribution in [0.1, 0.15) is 23.2 Å². The summed E-state index contributed by atoms with van der Waals surface area (Å²) in [5.41, 5.74) is 2.42. The van der Waals surface area contributed by atoms with Crippen molar-refractivity contribution in [1.82, 2.24) is 0 Å². The van der Waals surface area contributed by atoms with Gasteiger partial charge in [0.05, 0.1) is 0 Å². The van der Waals surface area contributed by atoms with Crippen LogP contribution in [0.15, 0.2) is 60.7 Å². The summed E-state index contributed by atoms with van der Waals surface area (Å²) in [6.07, 6.45) is 0. The summed E-state index contributed by atoms with van der Waals surface area (Å²) in [5, 5.41) is 9.02. The first kappa shape index (κ1) is 15.9. The van der Waals surface area contributed by atoms with Crippen molar-refractivity contribution in [2.75, 3.05) is 14.1 Å². The maximum atomic E-state index is 4.51. The Morgan fingerprint density at radius 1 is 0.632 bits per heavy atom. The molecule has 0 saturated heterocycles. The first-order chi connectivity index (χ1) is 8.86. The fourth-order valence-corrected chi connectivity index (χ4v) is 2.25. The number of benzene rings is 2. The van der Waals surface area contributed by atoms with E-state index in [9.17, 15) is 0 Å². The van der Waals surface area contributed by atoms with E-state index in [0.29, 0.717) is 0 Å². The molecule has 0 aromatic heterocycles. The third-order valence-corrected chi connectivity index (χ3v) is 3.14. The predicted octanol–water partition coefficient (Wildman–Crippen LogP) is 4.47. The molecule has 0 spiro atoms. The zero-order valence-corrected chi connectivity index (χ0v) is 12.1. The summed E-state index contributed by atoms with van der Waals surface area (Å²) in [6, 6.07) is 20.8. The van der Waals surface area contributed by atoms with Crippen molar-refractivity contribution >= 4 is 0 Å². The molecule has 2 aromatic rings. The second-order valence-electron chi connectivity index (χ2n) is 4.23. The molecule has 0 bridgehead atoms. The van der Waals surface area contributed by atoms with Gasteiger partial charge in [-0.15, -0.1) is 12.1 Å². The van der Waals surface area contributed by atoms with E-state index < -0.39 is 0 Å². The Kier molecular flexibility index (Phi) is 6.82. The molecular weight excluding hydrogens is 284 g/mol. The zero-order valence-electron chi connectivity index (χ0n) is 11.1. The predicted molar refractivity (Wildman–Crippen MR) is 76.9 cm³/mol. The summed E-state index contributed by atoms with van der Waals surface area (Å²) in [6.45, 7) is 0. The van der Waals surface area contributed by atoms with Gasteiger partial charge in [-0.3, -0.25) is 0 Å². The number of hydrogen-bond donors (Lipinski definition) is 0. The topological polar surface area (TPSA) is 28.2 Å². The minimum Gasteiger partial charge on any atom is -0.659 e. The van der Waals surface area contributed by atoms with Crippen LogP contribution < -0.4 is 0 Å². The number of hydrogen-bond acceptors (Lipinski definition) is 0. The maximum absolute atomic E-state index is 4.51. The summed E-state index contributed by atoms with van der Waals surface area (Å²) >= 11 is 0. The molecule has 0 heterocycles. The second kappa shape index (κ2) is 8.13. The first-order valence-corrected chi connectivity index (χ1v) is 6.14. The van der Waals surface area contributed by atoms with Gasteiger partial charge in [0.2, 0.25) is 0 Å². The molecular formula is C16H18CuN2. The van der Waals surface area contributed by atoms with E-state index in [1.54, 1.807) is 0 Å². The van der Waals surface area contributed by atoms with Crippen molar-refractivity contribution in [2.24, 2.45) is 0 Å².